The fourth-order valence-electron chi connectivity index (χ4n) is 2.71. The number of carbonyl (C=O) groups is 1. The summed E-state index contributed by atoms with van der Waals surface area (Å²) in [6.45, 7) is 1.63. The highest BCUT2D eigenvalue weighted by atomic mass is 127. The first-order valence-electron chi connectivity index (χ1n) is 8.03. The highest BCUT2D eigenvalue weighted by Gasteiger charge is 2.68. The molecular weight excluding hydrogens is 500 g/mol. The first-order valence-corrected chi connectivity index (χ1v) is 9.65. The summed E-state index contributed by atoms with van der Waals surface area (Å²) in [7, 11) is 0. The first kappa shape index (κ1) is 20.3. The van der Waals surface area contributed by atoms with E-state index in [0.717, 1.165) is 18.2 Å². The van der Waals surface area contributed by atoms with E-state index in [4.69, 9.17) is 21.1 Å². The molecule has 0 aromatic heterocycles. The van der Waals surface area contributed by atoms with Crippen molar-refractivity contribution in [3.63, 3.8) is 0 Å². The number of hydrogen-bond acceptors (Lipinski definition) is 3. The van der Waals surface area contributed by atoms with Crippen molar-refractivity contribution in [2.45, 2.75) is 36.0 Å². The van der Waals surface area contributed by atoms with Gasteiger partial charge in [0.05, 0.1) is 14.5 Å². The van der Waals surface area contributed by atoms with Crippen LogP contribution >= 0.6 is 34.2 Å². The molecule has 2 aliphatic rings. The van der Waals surface area contributed by atoms with E-state index in [1.54, 1.807) is 19.1 Å². The Hall–Kier alpha value is -1.42. The topological polar surface area (TPSA) is 55.8 Å². The molecule has 3 rings (SSSR count). The van der Waals surface area contributed by atoms with Crippen LogP contribution in [-0.4, -0.2) is 21.1 Å². The second-order valence-electron chi connectivity index (χ2n) is 6.53. The number of rotatable bonds is 5. The Labute approximate surface area is 172 Å². The van der Waals surface area contributed by atoms with E-state index in [-0.39, 0.29) is 14.7 Å². The van der Waals surface area contributed by atoms with E-state index in [0.29, 0.717) is 24.4 Å². The third kappa shape index (κ3) is 4.06. The van der Waals surface area contributed by atoms with E-state index in [1.807, 2.05) is 0 Å². The molecule has 0 radical (unpaired) electrons. The SMILES string of the molecule is C[C@]1(C(=O)O)[C@H](OC2=CC(Oc3ccc(C(F)(F)F)cc3Cl)=CCC2)[C@@H]1I. The average molecular weight is 515 g/mol. The van der Waals surface area contributed by atoms with Gasteiger partial charge in [-0.3, -0.25) is 4.79 Å². The molecule has 1 fully saturated rings. The zero-order valence-electron chi connectivity index (χ0n) is 14.0. The van der Waals surface area contributed by atoms with Crippen molar-refractivity contribution in [1.82, 2.24) is 0 Å². The molecule has 4 nitrogen and oxygen atoms in total. The summed E-state index contributed by atoms with van der Waals surface area (Å²) in [5, 5.41) is 9.15. The van der Waals surface area contributed by atoms with Crippen molar-refractivity contribution in [3.05, 3.63) is 52.5 Å². The van der Waals surface area contributed by atoms with Gasteiger partial charge < -0.3 is 14.6 Å². The Balaban J connectivity index is 1.70. The van der Waals surface area contributed by atoms with Gasteiger partial charge in [-0.1, -0.05) is 34.2 Å². The summed E-state index contributed by atoms with van der Waals surface area (Å²) < 4.78 is 49.4. The van der Waals surface area contributed by atoms with Crippen LogP contribution in [0.25, 0.3) is 0 Å². The highest BCUT2D eigenvalue weighted by molar-refractivity contribution is 14.1. The first-order chi connectivity index (χ1) is 12.5. The summed E-state index contributed by atoms with van der Waals surface area (Å²) >= 11 is 7.96. The minimum atomic E-state index is -4.48. The number of allylic oxidation sites excluding steroid dienone is 3. The van der Waals surface area contributed by atoms with Crippen LogP contribution in [0.2, 0.25) is 5.02 Å². The molecule has 0 saturated heterocycles. The molecule has 3 atom stereocenters. The molecule has 146 valence electrons. The highest BCUT2D eigenvalue weighted by Crippen LogP contribution is 2.55. The largest absolute Gasteiger partial charge is 0.492 e. The molecule has 0 amide bonds. The van der Waals surface area contributed by atoms with Crippen molar-refractivity contribution in [3.8, 4) is 5.75 Å². The standard InChI is InChI=1S/C18H15ClF3IO4/c1-17(16(24)25)14(23)15(17)27-11-4-2-3-10(8-11)26-13-6-5-9(7-12(13)19)18(20,21)22/h3,5-8,14-15H,2,4H2,1H3,(H,24,25)/t14-,15+,17+/m0/s1. The molecule has 1 saturated carbocycles. The number of alkyl halides is 4. The quantitative estimate of drug-likeness (QED) is 0.411. The number of aliphatic carboxylic acids is 1. The van der Waals surface area contributed by atoms with Crippen LogP contribution in [0.15, 0.2) is 41.9 Å². The molecule has 0 spiro atoms. The third-order valence-corrected chi connectivity index (χ3v) is 6.83. The maximum atomic E-state index is 12.7. The van der Waals surface area contributed by atoms with E-state index < -0.39 is 29.2 Å². The number of hydrogen-bond donors (Lipinski definition) is 1. The van der Waals surface area contributed by atoms with Gasteiger partial charge in [0, 0.05) is 12.5 Å². The second kappa shape index (κ2) is 7.20. The van der Waals surface area contributed by atoms with Gasteiger partial charge in [0.25, 0.3) is 0 Å². The van der Waals surface area contributed by atoms with E-state index in [2.05, 4.69) is 22.6 Å². The molecule has 1 N–H and O–H groups in total. The van der Waals surface area contributed by atoms with Crippen molar-refractivity contribution in [2.75, 3.05) is 0 Å². The van der Waals surface area contributed by atoms with Crippen LogP contribution < -0.4 is 4.74 Å². The van der Waals surface area contributed by atoms with E-state index in [9.17, 15) is 23.1 Å². The van der Waals surface area contributed by atoms with Gasteiger partial charge >= 0.3 is 12.1 Å². The maximum Gasteiger partial charge on any atom is 0.416 e. The number of ether oxygens (including phenoxy) is 2. The van der Waals surface area contributed by atoms with E-state index >= 15 is 0 Å². The van der Waals surface area contributed by atoms with Gasteiger partial charge in [0.1, 0.15) is 28.8 Å². The Morgan fingerprint density at radius 1 is 1.41 bits per heavy atom. The molecular formula is C18H15ClF3IO4. The molecule has 1 aromatic carbocycles. The molecule has 9 heteroatoms. The van der Waals surface area contributed by atoms with Gasteiger partial charge in [0.2, 0.25) is 0 Å². The third-order valence-electron chi connectivity index (χ3n) is 4.59. The van der Waals surface area contributed by atoms with Gasteiger partial charge in [-0.15, -0.1) is 0 Å². The second-order valence-corrected chi connectivity index (χ2v) is 8.28. The number of carboxylic acid groups (broad SMARTS) is 1. The van der Waals surface area contributed by atoms with Crippen molar-refractivity contribution >= 4 is 40.2 Å². The predicted octanol–water partition coefficient (Wildman–Crippen LogP) is 5.59. The lowest BCUT2D eigenvalue weighted by Crippen LogP contribution is -2.17. The van der Waals surface area contributed by atoms with Gasteiger partial charge in [-0.25, -0.2) is 0 Å². The normalized spacial score (nSPS) is 27.5. The van der Waals surface area contributed by atoms with Crippen LogP contribution in [0, 0.1) is 5.41 Å². The van der Waals surface area contributed by atoms with Crippen LogP contribution in [0.5, 0.6) is 5.75 Å². The lowest BCUT2D eigenvalue weighted by molar-refractivity contribution is -0.144. The predicted molar refractivity (Wildman–Crippen MR) is 101 cm³/mol. The number of carboxylic acids is 1. The summed E-state index contributed by atoms with van der Waals surface area (Å²) in [5.41, 5.74) is -1.79. The minimum absolute atomic E-state index is 0.0991. The summed E-state index contributed by atoms with van der Waals surface area (Å²) in [4.78, 5) is 11.4. The maximum absolute atomic E-state index is 12.7. The summed E-state index contributed by atoms with van der Waals surface area (Å²) in [6, 6.07) is 2.87. The van der Waals surface area contributed by atoms with Crippen molar-refractivity contribution < 1.29 is 32.5 Å². The molecule has 2 aliphatic carbocycles. The van der Waals surface area contributed by atoms with Crippen LogP contribution in [0.3, 0.4) is 0 Å². The lowest BCUT2D eigenvalue weighted by Gasteiger charge is -2.17. The Kier molecular flexibility index (Phi) is 5.42. The molecule has 0 heterocycles. The smallest absolute Gasteiger partial charge is 0.416 e. The van der Waals surface area contributed by atoms with Crippen molar-refractivity contribution in [2.24, 2.45) is 5.41 Å². The summed E-state index contributed by atoms with van der Waals surface area (Å²) in [6.07, 6.45) is -0.349. The van der Waals surface area contributed by atoms with E-state index in [1.165, 1.54) is 0 Å². The Bertz CT molecular complexity index is 836. The van der Waals surface area contributed by atoms with Crippen LogP contribution in [0.4, 0.5) is 13.2 Å². The fourth-order valence-corrected chi connectivity index (χ4v) is 4.23. The number of halogens is 5. The monoisotopic (exact) mass is 514 g/mol. The average Bonchev–Trinajstić information content (AvgIpc) is 3.11. The minimum Gasteiger partial charge on any atom is -0.492 e. The van der Waals surface area contributed by atoms with Gasteiger partial charge in [-0.2, -0.15) is 13.2 Å². The summed E-state index contributed by atoms with van der Waals surface area (Å²) in [5.74, 6) is 0.154. The zero-order valence-corrected chi connectivity index (χ0v) is 16.9. The zero-order chi connectivity index (χ0) is 20.0. The molecule has 0 bridgehead atoms. The molecule has 0 aliphatic heterocycles. The number of benzene rings is 1. The van der Waals surface area contributed by atoms with Gasteiger partial charge in [0.15, 0.2) is 0 Å². The lowest BCUT2D eigenvalue weighted by atomic mass is 10.1. The molecule has 0 unspecified atom stereocenters. The Morgan fingerprint density at radius 2 is 2.11 bits per heavy atom. The Morgan fingerprint density at radius 3 is 2.67 bits per heavy atom. The van der Waals surface area contributed by atoms with Crippen LogP contribution in [0.1, 0.15) is 25.3 Å². The van der Waals surface area contributed by atoms with Crippen molar-refractivity contribution in [1.29, 1.82) is 0 Å². The van der Waals surface area contributed by atoms with Gasteiger partial charge in [-0.05, 0) is 37.6 Å². The molecule has 27 heavy (non-hydrogen) atoms. The van der Waals surface area contributed by atoms with Crippen LogP contribution in [-0.2, 0) is 15.7 Å². The molecule has 1 aromatic rings. The fraction of sp³-hybridized carbons (Fsp3) is 0.389.